The van der Waals surface area contributed by atoms with Gasteiger partial charge in [-0.1, -0.05) is 0 Å². The molecular formula is C17H30N2O2. The smallest absolute Gasteiger partial charge is 0.222 e. The molecule has 2 rings (SSSR count). The molecule has 2 saturated heterocycles. The van der Waals surface area contributed by atoms with Gasteiger partial charge in [-0.25, -0.2) is 0 Å². The van der Waals surface area contributed by atoms with Crippen molar-refractivity contribution in [3.63, 3.8) is 0 Å². The van der Waals surface area contributed by atoms with Crippen LogP contribution in [0.3, 0.4) is 0 Å². The molecule has 0 aromatic rings. The van der Waals surface area contributed by atoms with E-state index in [1.165, 1.54) is 12.8 Å². The Bertz CT molecular complexity index is 336. The van der Waals surface area contributed by atoms with Gasteiger partial charge in [-0.05, 0) is 58.8 Å². The molecule has 2 amide bonds. The van der Waals surface area contributed by atoms with Crippen molar-refractivity contribution in [1.29, 1.82) is 0 Å². The van der Waals surface area contributed by atoms with Crippen LogP contribution in [-0.4, -0.2) is 46.8 Å². The number of carbonyl (C=O) groups excluding carboxylic acids is 2. The van der Waals surface area contributed by atoms with Crippen LogP contribution in [0.1, 0.15) is 71.6 Å². The Hall–Kier alpha value is -1.06. The van der Waals surface area contributed by atoms with Gasteiger partial charge in [-0.3, -0.25) is 9.59 Å². The molecule has 0 radical (unpaired) electrons. The molecule has 0 N–H and O–H groups in total. The maximum absolute atomic E-state index is 12.2. The quantitative estimate of drug-likeness (QED) is 0.800. The van der Waals surface area contributed by atoms with Crippen molar-refractivity contribution in [2.24, 2.45) is 0 Å². The highest BCUT2D eigenvalue weighted by Gasteiger charge is 2.25. The van der Waals surface area contributed by atoms with E-state index in [0.717, 1.165) is 38.8 Å². The van der Waals surface area contributed by atoms with Gasteiger partial charge in [0.1, 0.15) is 0 Å². The first kappa shape index (κ1) is 16.3. The van der Waals surface area contributed by atoms with E-state index in [1.54, 1.807) is 0 Å². The minimum atomic E-state index is 0.238. The fraction of sp³-hybridized carbons (Fsp3) is 0.882. The third-order valence-electron chi connectivity index (χ3n) is 5.03. The van der Waals surface area contributed by atoms with E-state index >= 15 is 0 Å². The maximum atomic E-state index is 12.2. The largest absolute Gasteiger partial charge is 0.340 e. The molecule has 120 valence electrons. The lowest BCUT2D eigenvalue weighted by atomic mass is 10.0. The standard InChI is InChI=1S/C17H30N2O2/c1-14-8-3-5-12-18(14)16(20)10-7-11-17(21)19-13-6-4-9-15(19)2/h14-15H,3-13H2,1-2H3. The Morgan fingerprint density at radius 2 is 1.24 bits per heavy atom. The summed E-state index contributed by atoms with van der Waals surface area (Å²) in [7, 11) is 0. The summed E-state index contributed by atoms with van der Waals surface area (Å²) in [5, 5.41) is 0. The number of rotatable bonds is 4. The van der Waals surface area contributed by atoms with E-state index in [4.69, 9.17) is 0 Å². The van der Waals surface area contributed by atoms with Gasteiger partial charge in [0.25, 0.3) is 0 Å². The molecule has 0 aliphatic carbocycles. The number of likely N-dealkylation sites (tertiary alicyclic amines) is 2. The molecule has 0 bridgehead atoms. The van der Waals surface area contributed by atoms with E-state index < -0.39 is 0 Å². The van der Waals surface area contributed by atoms with E-state index in [9.17, 15) is 9.59 Å². The van der Waals surface area contributed by atoms with Gasteiger partial charge in [0.15, 0.2) is 0 Å². The topological polar surface area (TPSA) is 40.6 Å². The SMILES string of the molecule is CC1CCCCN1C(=O)CCCC(=O)N1CCCCC1C. The summed E-state index contributed by atoms with van der Waals surface area (Å²) in [6.07, 6.45) is 8.71. The van der Waals surface area contributed by atoms with Crippen molar-refractivity contribution in [2.75, 3.05) is 13.1 Å². The van der Waals surface area contributed by atoms with Crippen molar-refractivity contribution in [1.82, 2.24) is 9.80 Å². The van der Waals surface area contributed by atoms with Crippen LogP contribution in [0.4, 0.5) is 0 Å². The summed E-state index contributed by atoms with van der Waals surface area (Å²) in [5.41, 5.74) is 0. The Labute approximate surface area is 128 Å². The summed E-state index contributed by atoms with van der Waals surface area (Å²) >= 11 is 0. The Morgan fingerprint density at radius 1 is 0.810 bits per heavy atom. The molecule has 0 aromatic carbocycles. The van der Waals surface area contributed by atoms with Gasteiger partial charge >= 0.3 is 0 Å². The zero-order valence-corrected chi connectivity index (χ0v) is 13.6. The second-order valence-corrected chi connectivity index (χ2v) is 6.72. The molecule has 2 heterocycles. The molecular weight excluding hydrogens is 264 g/mol. The van der Waals surface area contributed by atoms with Crippen LogP contribution in [0.15, 0.2) is 0 Å². The Morgan fingerprint density at radius 3 is 1.62 bits per heavy atom. The van der Waals surface area contributed by atoms with Crippen LogP contribution in [0, 0.1) is 0 Å². The summed E-state index contributed by atoms with van der Waals surface area (Å²) in [6.45, 7) is 6.07. The predicted octanol–water partition coefficient (Wildman–Crippen LogP) is 2.96. The molecule has 0 aromatic heterocycles. The van der Waals surface area contributed by atoms with Crippen molar-refractivity contribution in [3.8, 4) is 0 Å². The van der Waals surface area contributed by atoms with Crippen molar-refractivity contribution in [3.05, 3.63) is 0 Å². The molecule has 0 spiro atoms. The molecule has 2 atom stereocenters. The van der Waals surface area contributed by atoms with Crippen molar-refractivity contribution >= 4 is 11.8 Å². The van der Waals surface area contributed by atoms with Gasteiger partial charge in [0, 0.05) is 38.0 Å². The van der Waals surface area contributed by atoms with Gasteiger partial charge in [0.05, 0.1) is 0 Å². The average molecular weight is 294 g/mol. The first-order valence-corrected chi connectivity index (χ1v) is 8.68. The third-order valence-corrected chi connectivity index (χ3v) is 5.03. The second kappa shape index (κ2) is 7.81. The van der Waals surface area contributed by atoms with E-state index in [2.05, 4.69) is 13.8 Å². The maximum Gasteiger partial charge on any atom is 0.222 e. The van der Waals surface area contributed by atoms with Crippen molar-refractivity contribution < 1.29 is 9.59 Å². The molecule has 0 saturated carbocycles. The average Bonchev–Trinajstić information content (AvgIpc) is 2.48. The molecule has 4 heteroatoms. The number of hydrogen-bond donors (Lipinski definition) is 0. The number of nitrogens with zero attached hydrogens (tertiary/aromatic N) is 2. The summed E-state index contributed by atoms with van der Waals surface area (Å²) in [4.78, 5) is 28.5. The van der Waals surface area contributed by atoms with Crippen LogP contribution in [0.25, 0.3) is 0 Å². The molecule has 2 unspecified atom stereocenters. The fourth-order valence-corrected chi connectivity index (χ4v) is 3.62. The van der Waals surface area contributed by atoms with Gasteiger partial charge in [-0.2, -0.15) is 0 Å². The highest BCUT2D eigenvalue weighted by atomic mass is 16.2. The number of carbonyl (C=O) groups is 2. The number of piperidine rings is 2. The van der Waals surface area contributed by atoms with Crippen LogP contribution in [0.5, 0.6) is 0 Å². The lowest BCUT2D eigenvalue weighted by Gasteiger charge is -2.34. The second-order valence-electron chi connectivity index (χ2n) is 6.72. The number of hydrogen-bond acceptors (Lipinski definition) is 2. The van der Waals surface area contributed by atoms with Gasteiger partial charge in [0.2, 0.25) is 11.8 Å². The molecule has 21 heavy (non-hydrogen) atoms. The highest BCUT2D eigenvalue weighted by molar-refractivity contribution is 5.79. The fourth-order valence-electron chi connectivity index (χ4n) is 3.62. The molecule has 2 fully saturated rings. The predicted molar refractivity (Wildman–Crippen MR) is 83.9 cm³/mol. The van der Waals surface area contributed by atoms with E-state index in [-0.39, 0.29) is 11.8 Å². The lowest BCUT2D eigenvalue weighted by Crippen LogP contribution is -2.43. The summed E-state index contributed by atoms with van der Waals surface area (Å²) in [6, 6.07) is 0.758. The highest BCUT2D eigenvalue weighted by Crippen LogP contribution is 2.20. The van der Waals surface area contributed by atoms with Crippen LogP contribution >= 0.6 is 0 Å². The zero-order valence-electron chi connectivity index (χ0n) is 13.6. The lowest BCUT2D eigenvalue weighted by molar-refractivity contribution is -0.136. The minimum absolute atomic E-state index is 0.238. The molecule has 2 aliphatic heterocycles. The first-order chi connectivity index (χ1) is 10.1. The summed E-state index contributed by atoms with van der Waals surface area (Å²) in [5.74, 6) is 0.475. The normalized spacial score (nSPS) is 26.8. The van der Waals surface area contributed by atoms with Crippen LogP contribution in [0.2, 0.25) is 0 Å². The zero-order chi connectivity index (χ0) is 15.2. The minimum Gasteiger partial charge on any atom is -0.340 e. The number of amides is 2. The van der Waals surface area contributed by atoms with E-state index in [0.29, 0.717) is 31.3 Å². The van der Waals surface area contributed by atoms with Gasteiger partial charge < -0.3 is 9.80 Å². The first-order valence-electron chi connectivity index (χ1n) is 8.68. The molecule has 4 nitrogen and oxygen atoms in total. The van der Waals surface area contributed by atoms with Crippen LogP contribution < -0.4 is 0 Å². The molecule has 2 aliphatic rings. The van der Waals surface area contributed by atoms with Crippen LogP contribution in [-0.2, 0) is 9.59 Å². The Kier molecular flexibility index (Phi) is 6.07. The Balaban J connectivity index is 1.70. The monoisotopic (exact) mass is 294 g/mol. The van der Waals surface area contributed by atoms with Crippen molar-refractivity contribution in [2.45, 2.75) is 83.7 Å². The van der Waals surface area contributed by atoms with E-state index in [1.807, 2.05) is 9.80 Å². The van der Waals surface area contributed by atoms with Gasteiger partial charge in [-0.15, -0.1) is 0 Å². The third kappa shape index (κ3) is 4.45. The summed E-state index contributed by atoms with van der Waals surface area (Å²) < 4.78 is 0.